The number of halogens is 1. The standard InChI is InChI=1S/C17H13ClN2O4S/c1-12-2-5-15(6-3-12)25(23,24)19-11-13(8-9-20(21)22)16-7-4-14(18)10-17(16)19/h2-11H,1H3/b9-8+. The Balaban J connectivity index is 2.26. The van der Waals surface area contributed by atoms with Crippen molar-refractivity contribution in [2.24, 2.45) is 0 Å². The summed E-state index contributed by atoms with van der Waals surface area (Å²) in [5.41, 5.74) is 1.71. The van der Waals surface area contributed by atoms with E-state index in [1.807, 2.05) is 6.92 Å². The SMILES string of the molecule is Cc1ccc(S(=O)(=O)n2cc(/C=C/[N+](=O)[O-])c3ccc(Cl)cc32)cc1. The molecule has 3 rings (SSSR count). The van der Waals surface area contributed by atoms with Crippen molar-refractivity contribution in [3.05, 3.63) is 81.1 Å². The monoisotopic (exact) mass is 376 g/mol. The maximum absolute atomic E-state index is 13.0. The van der Waals surface area contributed by atoms with Gasteiger partial charge in [-0.15, -0.1) is 0 Å². The van der Waals surface area contributed by atoms with Gasteiger partial charge in [0.15, 0.2) is 0 Å². The van der Waals surface area contributed by atoms with E-state index < -0.39 is 14.9 Å². The highest BCUT2D eigenvalue weighted by Gasteiger charge is 2.21. The second kappa shape index (κ2) is 6.34. The molecule has 1 aromatic heterocycles. The molecule has 128 valence electrons. The van der Waals surface area contributed by atoms with Crippen molar-refractivity contribution in [2.75, 3.05) is 0 Å². The average Bonchev–Trinajstić information content (AvgIpc) is 2.92. The van der Waals surface area contributed by atoms with Gasteiger partial charge in [0.2, 0.25) is 6.20 Å². The van der Waals surface area contributed by atoms with Crippen LogP contribution < -0.4 is 0 Å². The molecule has 1 heterocycles. The molecule has 0 atom stereocenters. The van der Waals surface area contributed by atoms with Crippen LogP contribution in [0.3, 0.4) is 0 Å². The molecule has 0 aliphatic rings. The predicted octanol–water partition coefficient (Wildman–Crippen LogP) is 4.09. The van der Waals surface area contributed by atoms with Crippen LogP contribution in [0.5, 0.6) is 0 Å². The van der Waals surface area contributed by atoms with Crippen molar-refractivity contribution in [1.29, 1.82) is 0 Å². The molecule has 2 aromatic carbocycles. The highest BCUT2D eigenvalue weighted by Crippen LogP contribution is 2.29. The Bertz CT molecular complexity index is 1100. The van der Waals surface area contributed by atoms with Crippen LogP contribution in [0.25, 0.3) is 17.0 Å². The fourth-order valence-corrected chi connectivity index (χ4v) is 4.03. The Hall–Kier alpha value is -2.64. The first-order valence-corrected chi connectivity index (χ1v) is 9.05. The number of nitrogens with zero attached hydrogens (tertiary/aromatic N) is 2. The molecule has 8 heteroatoms. The highest BCUT2D eigenvalue weighted by atomic mass is 35.5. The Morgan fingerprint density at radius 2 is 1.84 bits per heavy atom. The first-order valence-electron chi connectivity index (χ1n) is 7.23. The molecule has 0 amide bonds. The molecule has 0 radical (unpaired) electrons. The van der Waals surface area contributed by atoms with Crippen LogP contribution in [0.4, 0.5) is 0 Å². The number of benzene rings is 2. The van der Waals surface area contributed by atoms with Crippen LogP contribution in [-0.4, -0.2) is 17.3 Å². The van der Waals surface area contributed by atoms with E-state index in [2.05, 4.69) is 0 Å². The van der Waals surface area contributed by atoms with E-state index >= 15 is 0 Å². The van der Waals surface area contributed by atoms with E-state index in [9.17, 15) is 18.5 Å². The van der Waals surface area contributed by atoms with Gasteiger partial charge in [-0.1, -0.05) is 35.4 Å². The van der Waals surface area contributed by atoms with Gasteiger partial charge in [0.1, 0.15) is 0 Å². The Morgan fingerprint density at radius 1 is 1.16 bits per heavy atom. The molecule has 0 aliphatic carbocycles. The van der Waals surface area contributed by atoms with Gasteiger partial charge in [0.25, 0.3) is 10.0 Å². The van der Waals surface area contributed by atoms with Gasteiger partial charge in [-0.2, -0.15) is 0 Å². The lowest BCUT2D eigenvalue weighted by Gasteiger charge is -2.08. The van der Waals surface area contributed by atoms with Crippen molar-refractivity contribution >= 4 is 38.6 Å². The van der Waals surface area contributed by atoms with Crippen LogP contribution in [0.2, 0.25) is 5.02 Å². The van der Waals surface area contributed by atoms with Crippen LogP contribution in [0.1, 0.15) is 11.1 Å². The van der Waals surface area contributed by atoms with Gasteiger partial charge in [0.05, 0.1) is 15.3 Å². The first-order chi connectivity index (χ1) is 11.8. The molecule has 3 aromatic rings. The van der Waals surface area contributed by atoms with E-state index in [1.165, 1.54) is 30.5 Å². The lowest BCUT2D eigenvalue weighted by molar-refractivity contribution is -0.400. The topological polar surface area (TPSA) is 82.2 Å². The lowest BCUT2D eigenvalue weighted by atomic mass is 10.2. The minimum absolute atomic E-state index is 0.125. The van der Waals surface area contributed by atoms with Gasteiger partial charge in [-0.25, -0.2) is 12.4 Å². The summed E-state index contributed by atoms with van der Waals surface area (Å²) in [5, 5.41) is 11.5. The van der Waals surface area contributed by atoms with Crippen molar-refractivity contribution in [2.45, 2.75) is 11.8 Å². The van der Waals surface area contributed by atoms with E-state index in [1.54, 1.807) is 24.3 Å². The van der Waals surface area contributed by atoms with E-state index in [0.29, 0.717) is 21.5 Å². The first kappa shape index (κ1) is 17.2. The molecule has 0 N–H and O–H groups in total. The third-order valence-electron chi connectivity index (χ3n) is 3.72. The van der Waals surface area contributed by atoms with Crippen molar-refractivity contribution in [3.63, 3.8) is 0 Å². The second-order valence-electron chi connectivity index (χ2n) is 5.46. The molecule has 0 bridgehead atoms. The van der Waals surface area contributed by atoms with Crippen LogP contribution in [-0.2, 0) is 10.0 Å². The molecule has 0 fully saturated rings. The third-order valence-corrected chi connectivity index (χ3v) is 5.64. The summed E-state index contributed by atoms with van der Waals surface area (Å²) in [6.07, 6.45) is 3.39. The maximum Gasteiger partial charge on any atom is 0.268 e. The van der Waals surface area contributed by atoms with E-state index in [-0.39, 0.29) is 4.90 Å². The summed E-state index contributed by atoms with van der Waals surface area (Å²) in [6, 6.07) is 11.2. The average molecular weight is 377 g/mol. The summed E-state index contributed by atoms with van der Waals surface area (Å²) in [7, 11) is -3.86. The molecule has 0 saturated heterocycles. The molecule has 25 heavy (non-hydrogen) atoms. The number of aromatic nitrogens is 1. The number of hydrogen-bond acceptors (Lipinski definition) is 4. The van der Waals surface area contributed by atoms with Crippen LogP contribution in [0.15, 0.2) is 59.8 Å². The fraction of sp³-hybridized carbons (Fsp3) is 0.0588. The minimum Gasteiger partial charge on any atom is -0.259 e. The molecule has 0 aliphatic heterocycles. The van der Waals surface area contributed by atoms with Crippen molar-refractivity contribution in [3.8, 4) is 0 Å². The van der Waals surface area contributed by atoms with Gasteiger partial charge in [-0.3, -0.25) is 10.1 Å². The number of nitro groups is 1. The molecule has 0 unspecified atom stereocenters. The fourth-order valence-electron chi connectivity index (χ4n) is 2.49. The number of rotatable bonds is 4. The zero-order valence-electron chi connectivity index (χ0n) is 13.1. The second-order valence-corrected chi connectivity index (χ2v) is 7.71. The largest absolute Gasteiger partial charge is 0.268 e. The summed E-state index contributed by atoms with van der Waals surface area (Å²) in [6.45, 7) is 1.86. The Kier molecular flexibility index (Phi) is 4.36. The van der Waals surface area contributed by atoms with Crippen molar-refractivity contribution < 1.29 is 13.3 Å². The predicted molar refractivity (Wildman–Crippen MR) is 96.7 cm³/mol. The normalized spacial score (nSPS) is 12.1. The smallest absolute Gasteiger partial charge is 0.259 e. The molecular formula is C17H13ClN2O4S. The van der Waals surface area contributed by atoms with Gasteiger partial charge in [-0.05, 0) is 31.2 Å². The maximum atomic E-state index is 13.0. The quantitative estimate of drug-likeness (QED) is 0.507. The summed E-state index contributed by atoms with van der Waals surface area (Å²) >= 11 is 6.01. The molecular weight excluding hydrogens is 364 g/mol. The molecule has 6 nitrogen and oxygen atoms in total. The zero-order valence-corrected chi connectivity index (χ0v) is 14.7. The lowest BCUT2D eigenvalue weighted by Crippen LogP contribution is -2.11. The number of aryl methyl sites for hydroxylation is 1. The van der Waals surface area contributed by atoms with E-state index in [4.69, 9.17) is 11.6 Å². The summed E-state index contributed by atoms with van der Waals surface area (Å²) in [5.74, 6) is 0. The zero-order chi connectivity index (χ0) is 18.2. The molecule has 0 saturated carbocycles. The van der Waals surface area contributed by atoms with E-state index in [0.717, 1.165) is 15.7 Å². The van der Waals surface area contributed by atoms with Gasteiger partial charge >= 0.3 is 0 Å². The van der Waals surface area contributed by atoms with Crippen LogP contribution in [0, 0.1) is 17.0 Å². The summed E-state index contributed by atoms with van der Waals surface area (Å²) in [4.78, 5) is 10.1. The van der Waals surface area contributed by atoms with Crippen molar-refractivity contribution in [1.82, 2.24) is 3.97 Å². The minimum atomic E-state index is -3.86. The van der Waals surface area contributed by atoms with Crippen LogP contribution >= 0.6 is 11.6 Å². The van der Waals surface area contributed by atoms with Gasteiger partial charge in [0, 0.05) is 28.2 Å². The Labute approximate surface area is 149 Å². The van der Waals surface area contributed by atoms with Gasteiger partial charge < -0.3 is 0 Å². The molecule has 0 spiro atoms. The summed E-state index contributed by atoms with van der Waals surface area (Å²) < 4.78 is 27.1. The third kappa shape index (κ3) is 3.29. The highest BCUT2D eigenvalue weighted by molar-refractivity contribution is 7.90. The Morgan fingerprint density at radius 3 is 2.48 bits per heavy atom. The number of fused-ring (bicyclic) bond motifs is 1. The number of hydrogen-bond donors (Lipinski definition) is 0.